The van der Waals surface area contributed by atoms with E-state index in [0.717, 1.165) is 23.1 Å². The van der Waals surface area contributed by atoms with Crippen LogP contribution in [0.2, 0.25) is 0 Å². The minimum absolute atomic E-state index is 0.0183. The van der Waals surface area contributed by atoms with E-state index in [2.05, 4.69) is 39.9 Å². The molecule has 0 saturated carbocycles. The molecule has 2 atom stereocenters. The summed E-state index contributed by atoms with van der Waals surface area (Å²) < 4.78 is 6.87. The van der Waals surface area contributed by atoms with E-state index in [-0.39, 0.29) is 18.9 Å². The fourth-order valence-electron chi connectivity index (χ4n) is 1.98. The lowest BCUT2D eigenvalue weighted by Crippen LogP contribution is -2.25. The van der Waals surface area contributed by atoms with Crippen LogP contribution in [0, 0.1) is 0 Å². The van der Waals surface area contributed by atoms with Crippen LogP contribution >= 0.6 is 15.9 Å². The molecule has 1 heterocycles. The molecule has 1 aromatic rings. The van der Waals surface area contributed by atoms with Crippen LogP contribution in [-0.4, -0.2) is 35.8 Å². The second-order valence-electron chi connectivity index (χ2n) is 3.93. The molecule has 1 aromatic carbocycles. The summed E-state index contributed by atoms with van der Waals surface area (Å²) >= 11 is 3.42. The maximum Gasteiger partial charge on any atom is 0.137 e. The highest BCUT2D eigenvalue weighted by Crippen LogP contribution is 2.30. The Labute approximate surface area is 104 Å². The molecule has 88 valence electrons. The van der Waals surface area contributed by atoms with E-state index in [0.29, 0.717) is 0 Å². The molecule has 3 nitrogen and oxygen atoms in total. The number of aliphatic hydroxyl groups excluding tert-OH is 1. The van der Waals surface area contributed by atoms with Crippen LogP contribution in [0.3, 0.4) is 0 Å². The molecular weight excluding hydrogens is 270 g/mol. The summed E-state index contributed by atoms with van der Waals surface area (Å²) in [6, 6.07) is 8.13. The molecule has 1 aliphatic heterocycles. The Balaban J connectivity index is 2.16. The SMILES string of the molecule is CCN1CC(CO)OC1c1ccc(Br)cc1. The third kappa shape index (κ3) is 2.46. The Morgan fingerprint density at radius 3 is 2.69 bits per heavy atom. The predicted octanol–water partition coefficient (Wildman–Crippen LogP) is 2.16. The summed E-state index contributed by atoms with van der Waals surface area (Å²) in [7, 11) is 0. The highest BCUT2D eigenvalue weighted by Gasteiger charge is 2.32. The van der Waals surface area contributed by atoms with Crippen LogP contribution in [-0.2, 0) is 4.74 Å². The molecule has 0 radical (unpaired) electrons. The van der Waals surface area contributed by atoms with Gasteiger partial charge in [0.05, 0.1) is 12.7 Å². The maximum atomic E-state index is 9.13. The summed E-state index contributed by atoms with van der Waals surface area (Å²) in [5.74, 6) is 0. The smallest absolute Gasteiger partial charge is 0.137 e. The van der Waals surface area contributed by atoms with Gasteiger partial charge in [0.2, 0.25) is 0 Å². The molecule has 1 saturated heterocycles. The molecule has 0 bridgehead atoms. The molecule has 0 aliphatic carbocycles. The van der Waals surface area contributed by atoms with Gasteiger partial charge in [-0.1, -0.05) is 35.0 Å². The first kappa shape index (κ1) is 12.0. The number of halogens is 1. The van der Waals surface area contributed by atoms with Crippen molar-refractivity contribution in [1.82, 2.24) is 4.90 Å². The van der Waals surface area contributed by atoms with Crippen LogP contribution in [0.15, 0.2) is 28.7 Å². The number of benzene rings is 1. The van der Waals surface area contributed by atoms with Crippen molar-refractivity contribution in [3.8, 4) is 0 Å². The summed E-state index contributed by atoms with van der Waals surface area (Å²) in [6.45, 7) is 3.92. The minimum Gasteiger partial charge on any atom is -0.394 e. The number of hydrogen-bond acceptors (Lipinski definition) is 3. The lowest BCUT2D eigenvalue weighted by atomic mass is 10.2. The van der Waals surface area contributed by atoms with Gasteiger partial charge < -0.3 is 9.84 Å². The zero-order chi connectivity index (χ0) is 11.5. The van der Waals surface area contributed by atoms with E-state index in [1.165, 1.54) is 0 Å². The van der Waals surface area contributed by atoms with Gasteiger partial charge in [-0.3, -0.25) is 4.90 Å². The number of likely N-dealkylation sites (N-methyl/N-ethyl adjacent to an activating group) is 1. The van der Waals surface area contributed by atoms with E-state index in [9.17, 15) is 0 Å². The van der Waals surface area contributed by atoms with Gasteiger partial charge in [0.1, 0.15) is 6.23 Å². The van der Waals surface area contributed by atoms with Gasteiger partial charge in [-0.15, -0.1) is 0 Å². The minimum atomic E-state index is -0.0615. The van der Waals surface area contributed by atoms with Crippen LogP contribution in [0.1, 0.15) is 18.7 Å². The van der Waals surface area contributed by atoms with Crippen LogP contribution in [0.4, 0.5) is 0 Å². The van der Waals surface area contributed by atoms with Gasteiger partial charge in [-0.2, -0.15) is 0 Å². The molecule has 1 fully saturated rings. The number of aliphatic hydroxyl groups is 1. The van der Waals surface area contributed by atoms with Gasteiger partial charge in [0, 0.05) is 11.0 Å². The highest BCUT2D eigenvalue weighted by atomic mass is 79.9. The average Bonchev–Trinajstić information content (AvgIpc) is 2.73. The van der Waals surface area contributed by atoms with Crippen molar-refractivity contribution in [3.05, 3.63) is 34.3 Å². The molecule has 16 heavy (non-hydrogen) atoms. The quantitative estimate of drug-likeness (QED) is 0.924. The van der Waals surface area contributed by atoms with Crippen molar-refractivity contribution >= 4 is 15.9 Å². The predicted molar refractivity (Wildman–Crippen MR) is 66.1 cm³/mol. The van der Waals surface area contributed by atoms with E-state index < -0.39 is 0 Å². The summed E-state index contributed by atoms with van der Waals surface area (Å²) in [5, 5.41) is 9.13. The Hall–Kier alpha value is -0.420. The third-order valence-corrected chi connectivity index (χ3v) is 3.38. The van der Waals surface area contributed by atoms with Crippen molar-refractivity contribution in [2.75, 3.05) is 19.7 Å². The van der Waals surface area contributed by atoms with Gasteiger partial charge in [0.15, 0.2) is 0 Å². The molecule has 0 spiro atoms. The maximum absolute atomic E-state index is 9.13. The lowest BCUT2D eigenvalue weighted by molar-refractivity contribution is -0.0184. The van der Waals surface area contributed by atoms with Crippen molar-refractivity contribution in [2.24, 2.45) is 0 Å². The molecule has 1 N–H and O–H groups in total. The zero-order valence-corrected chi connectivity index (χ0v) is 10.9. The van der Waals surface area contributed by atoms with Crippen LogP contribution in [0.5, 0.6) is 0 Å². The monoisotopic (exact) mass is 285 g/mol. The Bertz CT molecular complexity index is 341. The first-order valence-electron chi connectivity index (χ1n) is 5.50. The topological polar surface area (TPSA) is 32.7 Å². The first-order chi connectivity index (χ1) is 7.74. The van der Waals surface area contributed by atoms with Gasteiger partial charge >= 0.3 is 0 Å². The molecule has 0 aromatic heterocycles. The van der Waals surface area contributed by atoms with Crippen molar-refractivity contribution < 1.29 is 9.84 Å². The number of ether oxygens (including phenoxy) is 1. The number of rotatable bonds is 3. The first-order valence-corrected chi connectivity index (χ1v) is 6.29. The van der Waals surface area contributed by atoms with E-state index in [1.54, 1.807) is 0 Å². The lowest BCUT2D eigenvalue weighted by Gasteiger charge is -2.21. The van der Waals surface area contributed by atoms with Gasteiger partial charge in [0.25, 0.3) is 0 Å². The fourth-order valence-corrected chi connectivity index (χ4v) is 2.25. The molecule has 4 heteroatoms. The second-order valence-corrected chi connectivity index (χ2v) is 4.85. The fraction of sp³-hybridized carbons (Fsp3) is 0.500. The molecule has 2 unspecified atom stereocenters. The standard InChI is InChI=1S/C12H16BrNO2/c1-2-14-7-11(8-15)16-12(14)9-3-5-10(13)6-4-9/h3-6,11-12,15H,2,7-8H2,1H3. The highest BCUT2D eigenvalue weighted by molar-refractivity contribution is 9.10. The Kier molecular flexibility index (Phi) is 3.97. The summed E-state index contributed by atoms with van der Waals surface area (Å²) in [5.41, 5.74) is 1.14. The Morgan fingerprint density at radius 1 is 1.44 bits per heavy atom. The number of hydrogen-bond donors (Lipinski definition) is 1. The van der Waals surface area contributed by atoms with E-state index in [1.807, 2.05) is 12.1 Å². The summed E-state index contributed by atoms with van der Waals surface area (Å²) in [6.07, 6.45) is -0.0798. The molecule has 2 rings (SSSR count). The molecular formula is C12H16BrNO2. The van der Waals surface area contributed by atoms with E-state index >= 15 is 0 Å². The van der Waals surface area contributed by atoms with Crippen molar-refractivity contribution in [2.45, 2.75) is 19.3 Å². The largest absolute Gasteiger partial charge is 0.394 e. The van der Waals surface area contributed by atoms with Crippen LogP contribution in [0.25, 0.3) is 0 Å². The van der Waals surface area contributed by atoms with Crippen LogP contribution < -0.4 is 0 Å². The zero-order valence-electron chi connectivity index (χ0n) is 9.27. The normalized spacial score (nSPS) is 26.2. The second kappa shape index (κ2) is 5.27. The van der Waals surface area contributed by atoms with Gasteiger partial charge in [-0.05, 0) is 24.2 Å². The molecule has 1 aliphatic rings. The van der Waals surface area contributed by atoms with Crippen molar-refractivity contribution in [3.63, 3.8) is 0 Å². The molecule has 0 amide bonds. The summed E-state index contributed by atoms with van der Waals surface area (Å²) in [4.78, 5) is 2.23. The Morgan fingerprint density at radius 2 is 2.12 bits per heavy atom. The van der Waals surface area contributed by atoms with Crippen molar-refractivity contribution in [1.29, 1.82) is 0 Å². The number of nitrogens with zero attached hydrogens (tertiary/aromatic N) is 1. The average molecular weight is 286 g/mol. The third-order valence-electron chi connectivity index (χ3n) is 2.86. The van der Waals surface area contributed by atoms with E-state index in [4.69, 9.17) is 9.84 Å². The van der Waals surface area contributed by atoms with Gasteiger partial charge in [-0.25, -0.2) is 0 Å².